The molecule has 0 aliphatic heterocycles. The summed E-state index contributed by atoms with van der Waals surface area (Å²) in [6, 6.07) is 8.24. The molecule has 0 aliphatic rings. The topological polar surface area (TPSA) is 102 Å². The van der Waals surface area contributed by atoms with E-state index in [1.807, 2.05) is 12.1 Å². The summed E-state index contributed by atoms with van der Waals surface area (Å²) in [6.45, 7) is 0. The third-order valence-corrected chi connectivity index (χ3v) is 4.78. The Morgan fingerprint density at radius 2 is 2.00 bits per heavy atom. The number of hydrogen-bond donors (Lipinski definition) is 3. The van der Waals surface area contributed by atoms with Gasteiger partial charge in [-0.2, -0.15) is 5.10 Å². The van der Waals surface area contributed by atoms with E-state index >= 15 is 0 Å². The quantitative estimate of drug-likeness (QED) is 0.233. The first-order chi connectivity index (χ1) is 13.5. The van der Waals surface area contributed by atoms with Crippen molar-refractivity contribution in [3.8, 4) is 11.1 Å². The van der Waals surface area contributed by atoms with E-state index in [-0.39, 0.29) is 5.52 Å². The lowest BCUT2D eigenvalue weighted by Gasteiger charge is -2.12. The normalized spacial score (nSPS) is 12.0. The van der Waals surface area contributed by atoms with Crippen LogP contribution in [-0.2, 0) is 0 Å². The lowest BCUT2D eigenvalue weighted by molar-refractivity contribution is 0.636. The summed E-state index contributed by atoms with van der Waals surface area (Å²) in [5, 5.41) is 7.86. The molecule has 0 saturated heterocycles. The standard InChI is InChI=1S/C19H17Cl2FN6/c20-13-6-4-11(9-14(13)21)12-5-7-15(22)18-17(12)19(27-10-26-18)25-8-2-1-3-16(23)28-24/h2,4-10H,1,3,24H2,(H2,23,28)(H,25,26,27)/b8-2+. The van der Waals surface area contributed by atoms with E-state index in [4.69, 9.17) is 34.8 Å². The molecular formula is C19H17Cl2FN6. The monoisotopic (exact) mass is 418 g/mol. The van der Waals surface area contributed by atoms with Gasteiger partial charge in [0.15, 0.2) is 0 Å². The van der Waals surface area contributed by atoms with Gasteiger partial charge in [-0.25, -0.2) is 14.4 Å². The molecule has 0 aliphatic carbocycles. The molecule has 0 atom stereocenters. The zero-order chi connectivity index (χ0) is 20.1. The average Bonchev–Trinajstić information content (AvgIpc) is 2.70. The Hall–Kier alpha value is -2.90. The van der Waals surface area contributed by atoms with Crippen LogP contribution in [0.15, 0.2) is 54.0 Å². The number of anilines is 1. The first-order valence-electron chi connectivity index (χ1n) is 8.33. The molecule has 1 heterocycles. The molecule has 0 amide bonds. The second-order valence-corrected chi connectivity index (χ2v) is 6.69. The Bertz CT molecular complexity index is 1070. The van der Waals surface area contributed by atoms with Gasteiger partial charge in [0.05, 0.1) is 15.4 Å². The van der Waals surface area contributed by atoms with Crippen LogP contribution in [0.3, 0.4) is 0 Å². The summed E-state index contributed by atoms with van der Waals surface area (Å²) >= 11 is 12.2. The number of nitrogens with two attached hydrogens (primary N) is 2. The molecule has 0 spiro atoms. The largest absolute Gasteiger partial charge is 0.386 e. The van der Waals surface area contributed by atoms with Crippen LogP contribution in [-0.4, -0.2) is 15.8 Å². The molecule has 0 fully saturated rings. The summed E-state index contributed by atoms with van der Waals surface area (Å²) in [5.41, 5.74) is 7.25. The van der Waals surface area contributed by atoms with E-state index in [0.29, 0.717) is 39.9 Å². The number of hydrogen-bond acceptors (Lipinski definition) is 5. The van der Waals surface area contributed by atoms with Gasteiger partial charge < -0.3 is 16.9 Å². The molecule has 6 nitrogen and oxygen atoms in total. The fourth-order valence-corrected chi connectivity index (χ4v) is 2.97. The highest BCUT2D eigenvalue weighted by Crippen LogP contribution is 2.35. The number of halogens is 3. The molecule has 1 aromatic heterocycles. The second-order valence-electron chi connectivity index (χ2n) is 5.88. The summed E-state index contributed by atoms with van der Waals surface area (Å²) < 4.78 is 14.4. The van der Waals surface area contributed by atoms with Crippen molar-refractivity contribution in [1.29, 1.82) is 0 Å². The van der Waals surface area contributed by atoms with E-state index in [9.17, 15) is 4.39 Å². The summed E-state index contributed by atoms with van der Waals surface area (Å²) in [7, 11) is 0. The highest BCUT2D eigenvalue weighted by molar-refractivity contribution is 6.42. The minimum Gasteiger partial charge on any atom is -0.386 e. The van der Waals surface area contributed by atoms with E-state index in [0.717, 1.165) is 11.1 Å². The maximum absolute atomic E-state index is 14.4. The molecule has 0 saturated carbocycles. The Morgan fingerprint density at radius 1 is 1.18 bits per heavy atom. The molecule has 144 valence electrons. The number of rotatable bonds is 6. The first kappa shape index (κ1) is 19.9. The van der Waals surface area contributed by atoms with Gasteiger partial charge in [0, 0.05) is 6.42 Å². The van der Waals surface area contributed by atoms with E-state index in [1.54, 1.807) is 24.4 Å². The average molecular weight is 419 g/mol. The molecule has 0 radical (unpaired) electrons. The van der Waals surface area contributed by atoms with E-state index in [1.165, 1.54) is 12.4 Å². The van der Waals surface area contributed by atoms with Gasteiger partial charge in [-0.3, -0.25) is 0 Å². The molecule has 3 aromatic rings. The highest BCUT2D eigenvalue weighted by atomic mass is 35.5. The number of hydrazone groups is 1. The van der Waals surface area contributed by atoms with E-state index < -0.39 is 5.82 Å². The molecule has 9 heteroatoms. The van der Waals surface area contributed by atoms with Crippen LogP contribution in [0.5, 0.6) is 0 Å². The summed E-state index contributed by atoms with van der Waals surface area (Å²) in [4.78, 5) is 8.35. The number of aromatic nitrogens is 2. The Kier molecular flexibility index (Phi) is 6.28. The van der Waals surface area contributed by atoms with Crippen LogP contribution in [0.25, 0.3) is 22.0 Å². The Balaban J connectivity index is 2.00. The minimum atomic E-state index is -0.444. The maximum Gasteiger partial charge on any atom is 0.149 e. The van der Waals surface area contributed by atoms with Crippen molar-refractivity contribution in [2.45, 2.75) is 12.8 Å². The van der Waals surface area contributed by atoms with Crippen molar-refractivity contribution < 1.29 is 4.39 Å². The van der Waals surface area contributed by atoms with Crippen LogP contribution in [0.4, 0.5) is 10.2 Å². The first-order valence-corrected chi connectivity index (χ1v) is 9.09. The second kappa shape index (κ2) is 8.86. The predicted molar refractivity (Wildman–Crippen MR) is 113 cm³/mol. The van der Waals surface area contributed by atoms with Crippen LogP contribution < -0.4 is 16.9 Å². The van der Waals surface area contributed by atoms with Crippen LogP contribution >= 0.6 is 23.2 Å². The third-order valence-electron chi connectivity index (χ3n) is 4.04. The summed E-state index contributed by atoms with van der Waals surface area (Å²) in [5.74, 6) is 5.48. The van der Waals surface area contributed by atoms with Crippen molar-refractivity contribution in [3.63, 3.8) is 0 Å². The van der Waals surface area contributed by atoms with Crippen LogP contribution in [0.2, 0.25) is 10.0 Å². The molecule has 2 aromatic carbocycles. The summed E-state index contributed by atoms with van der Waals surface area (Å²) in [6.07, 6.45) is 6.03. The molecule has 28 heavy (non-hydrogen) atoms. The van der Waals surface area contributed by atoms with E-state index in [2.05, 4.69) is 20.4 Å². The number of benzene rings is 2. The van der Waals surface area contributed by atoms with Gasteiger partial charge in [0.2, 0.25) is 0 Å². The Morgan fingerprint density at radius 3 is 2.75 bits per heavy atom. The molecule has 5 N–H and O–H groups in total. The van der Waals surface area contributed by atoms with Crippen molar-refractivity contribution in [2.24, 2.45) is 16.7 Å². The number of nitrogens with one attached hydrogen (secondary N) is 1. The van der Waals surface area contributed by atoms with Crippen molar-refractivity contribution in [2.75, 3.05) is 5.32 Å². The van der Waals surface area contributed by atoms with Crippen LogP contribution in [0, 0.1) is 5.82 Å². The third kappa shape index (κ3) is 4.32. The fraction of sp³-hybridized carbons (Fsp3) is 0.105. The van der Waals surface area contributed by atoms with Gasteiger partial charge in [0.25, 0.3) is 0 Å². The lowest BCUT2D eigenvalue weighted by atomic mass is 10.0. The van der Waals surface area contributed by atoms with Crippen molar-refractivity contribution >= 4 is 45.8 Å². The Labute approximate surface area is 171 Å². The molecule has 3 rings (SSSR count). The minimum absolute atomic E-state index is 0.203. The van der Waals surface area contributed by atoms with Gasteiger partial charge in [-0.15, -0.1) is 0 Å². The van der Waals surface area contributed by atoms with Gasteiger partial charge >= 0.3 is 0 Å². The zero-order valence-corrected chi connectivity index (χ0v) is 16.2. The molecular weight excluding hydrogens is 402 g/mol. The number of fused-ring (bicyclic) bond motifs is 1. The van der Waals surface area contributed by atoms with Gasteiger partial charge in [-0.1, -0.05) is 41.4 Å². The SMILES string of the molecule is N/N=C(\N)CC/C=C/Nc1ncnc2c(F)ccc(-c3ccc(Cl)c(Cl)c3)c12. The number of allylic oxidation sites excluding steroid dienone is 1. The number of amidine groups is 1. The molecule has 0 bridgehead atoms. The van der Waals surface area contributed by atoms with Crippen molar-refractivity contribution in [1.82, 2.24) is 9.97 Å². The highest BCUT2D eigenvalue weighted by Gasteiger charge is 2.14. The zero-order valence-electron chi connectivity index (χ0n) is 14.7. The van der Waals surface area contributed by atoms with Crippen LogP contribution in [0.1, 0.15) is 12.8 Å². The predicted octanol–water partition coefficient (Wildman–Crippen LogP) is 4.68. The van der Waals surface area contributed by atoms with Gasteiger partial charge in [-0.05, 0) is 41.9 Å². The smallest absolute Gasteiger partial charge is 0.149 e. The number of nitrogens with zero attached hydrogens (tertiary/aromatic N) is 3. The maximum atomic E-state index is 14.4. The fourth-order valence-electron chi connectivity index (χ4n) is 2.67. The van der Waals surface area contributed by atoms with Crippen molar-refractivity contribution in [3.05, 3.63) is 64.8 Å². The molecule has 0 unspecified atom stereocenters. The lowest BCUT2D eigenvalue weighted by Crippen LogP contribution is -2.13. The van der Waals surface area contributed by atoms with Gasteiger partial charge in [0.1, 0.15) is 29.3 Å².